The maximum Gasteiger partial charge on any atom is 0.0754 e. The molecule has 316 valence electrons. The van der Waals surface area contributed by atoms with E-state index in [2.05, 4.69) is 260 Å². The van der Waals surface area contributed by atoms with Crippen molar-refractivity contribution < 1.29 is 0 Å². The number of pyridine rings is 1. The molecule has 0 unspecified atom stereocenters. The van der Waals surface area contributed by atoms with E-state index in [4.69, 9.17) is 4.98 Å². The van der Waals surface area contributed by atoms with Crippen molar-refractivity contribution in [3.8, 4) is 55.8 Å². The molecule has 12 aromatic rings. The maximum absolute atomic E-state index is 5.34. The van der Waals surface area contributed by atoms with Crippen LogP contribution in [0.25, 0.3) is 88.1 Å². The molecular weight excluding hydrogens is 821 g/mol. The number of rotatable bonds is 5. The predicted molar refractivity (Wildman–Crippen MR) is 284 cm³/mol. The van der Waals surface area contributed by atoms with E-state index < -0.39 is 5.41 Å². The van der Waals surface area contributed by atoms with Gasteiger partial charge in [-0.2, -0.15) is 0 Å². The molecule has 2 aliphatic rings. The van der Waals surface area contributed by atoms with Gasteiger partial charge in [0.15, 0.2) is 0 Å². The minimum absolute atomic E-state index is 0.491. The van der Waals surface area contributed by atoms with Gasteiger partial charge >= 0.3 is 0 Å². The highest BCUT2D eigenvalue weighted by Gasteiger charge is 2.51. The van der Waals surface area contributed by atoms with Crippen LogP contribution < -0.4 is 4.90 Å². The average molecular weight is 863 g/mol. The molecule has 11 aromatic carbocycles. The lowest BCUT2D eigenvalue weighted by Gasteiger charge is -2.45. The molecule has 2 heteroatoms. The van der Waals surface area contributed by atoms with Gasteiger partial charge in [-0.25, -0.2) is 0 Å². The van der Waals surface area contributed by atoms with Crippen molar-refractivity contribution in [2.75, 3.05) is 4.90 Å². The van der Waals surface area contributed by atoms with Gasteiger partial charge < -0.3 is 4.90 Å². The number of para-hydroxylation sites is 3. The monoisotopic (exact) mass is 862 g/mol. The number of aromatic nitrogens is 1. The van der Waals surface area contributed by atoms with Gasteiger partial charge in [0.05, 0.1) is 22.5 Å². The van der Waals surface area contributed by atoms with Crippen LogP contribution in [0.3, 0.4) is 0 Å². The summed E-state index contributed by atoms with van der Waals surface area (Å²) >= 11 is 0. The van der Waals surface area contributed by atoms with Crippen LogP contribution in [0.1, 0.15) is 22.3 Å². The summed E-state index contributed by atoms with van der Waals surface area (Å²) in [4.78, 5) is 7.77. The number of fused-ring (bicyclic) bond motifs is 12. The highest BCUT2D eigenvalue weighted by Crippen LogP contribution is 2.63. The second kappa shape index (κ2) is 15.1. The Labute approximate surface area is 395 Å². The highest BCUT2D eigenvalue weighted by atomic mass is 15.2. The minimum Gasteiger partial charge on any atom is -0.310 e. The molecule has 2 heterocycles. The molecule has 2 nitrogen and oxygen atoms in total. The smallest absolute Gasteiger partial charge is 0.0754 e. The van der Waals surface area contributed by atoms with Crippen LogP contribution >= 0.6 is 0 Å². The van der Waals surface area contributed by atoms with Crippen molar-refractivity contribution in [2.45, 2.75) is 5.41 Å². The molecule has 1 spiro atoms. The van der Waals surface area contributed by atoms with E-state index >= 15 is 0 Å². The summed E-state index contributed by atoms with van der Waals surface area (Å²) in [5, 5.41) is 7.31. The van der Waals surface area contributed by atoms with Gasteiger partial charge in [-0.1, -0.05) is 212 Å². The zero-order valence-corrected chi connectivity index (χ0v) is 37.1. The van der Waals surface area contributed by atoms with Crippen LogP contribution in [0.4, 0.5) is 17.1 Å². The van der Waals surface area contributed by atoms with Gasteiger partial charge in [0.25, 0.3) is 0 Å². The third-order valence-electron chi connectivity index (χ3n) is 14.7. The molecule has 1 aliphatic carbocycles. The van der Waals surface area contributed by atoms with Crippen molar-refractivity contribution in [3.05, 3.63) is 277 Å². The van der Waals surface area contributed by atoms with E-state index in [0.29, 0.717) is 0 Å². The molecule has 0 amide bonds. The molecular formula is C66H42N2. The molecule has 1 aliphatic heterocycles. The van der Waals surface area contributed by atoms with Crippen molar-refractivity contribution >= 4 is 49.4 Å². The summed E-state index contributed by atoms with van der Waals surface area (Å²) in [5.41, 5.74) is 20.1. The normalized spacial score (nSPS) is 13.1. The van der Waals surface area contributed by atoms with Crippen molar-refractivity contribution in [3.63, 3.8) is 0 Å². The van der Waals surface area contributed by atoms with E-state index in [1.54, 1.807) is 0 Å². The quantitative estimate of drug-likeness (QED) is 0.160. The standard InChI is InChI=1S/C66H42N2/c1-3-19-43(20-4-1)47-37-38-55(49-24-8-7-23-48(47)49)64-51-26-9-11-28-53(51)65(54-29-12-10-27-52(54)64)61-40-36-45(42-67-61)44-35-39-58-56(41-44)50-25-13-14-30-57(50)66(58)59-31-15-17-33-62(59)68(46-21-5-2-6-22-46)63-34-18-16-32-60(63)66/h1-42H. The fraction of sp³-hybridized carbons (Fsp3) is 0.0152. The molecule has 0 bridgehead atoms. The number of anilines is 3. The maximum atomic E-state index is 5.34. The molecule has 1 aromatic heterocycles. The van der Waals surface area contributed by atoms with Crippen molar-refractivity contribution in [1.82, 2.24) is 4.98 Å². The van der Waals surface area contributed by atoms with Crippen molar-refractivity contribution in [2.24, 2.45) is 0 Å². The summed E-state index contributed by atoms with van der Waals surface area (Å²) in [6.45, 7) is 0. The second-order valence-electron chi connectivity index (χ2n) is 18.1. The highest BCUT2D eigenvalue weighted by molar-refractivity contribution is 6.24. The van der Waals surface area contributed by atoms with Gasteiger partial charge in [-0.15, -0.1) is 0 Å². The topological polar surface area (TPSA) is 16.1 Å². The average Bonchev–Trinajstić information content (AvgIpc) is 3.70. The van der Waals surface area contributed by atoms with Gasteiger partial charge in [0.2, 0.25) is 0 Å². The van der Waals surface area contributed by atoms with Gasteiger partial charge in [0, 0.05) is 23.0 Å². The third kappa shape index (κ3) is 5.49. The van der Waals surface area contributed by atoms with Crippen molar-refractivity contribution in [1.29, 1.82) is 0 Å². The van der Waals surface area contributed by atoms with Crippen LogP contribution in [0.2, 0.25) is 0 Å². The summed E-state index contributed by atoms with van der Waals surface area (Å²) in [7, 11) is 0. The number of benzene rings is 11. The first-order valence-corrected chi connectivity index (χ1v) is 23.5. The first-order chi connectivity index (χ1) is 33.8. The zero-order chi connectivity index (χ0) is 44.8. The number of nitrogens with zero attached hydrogens (tertiary/aromatic N) is 2. The van der Waals surface area contributed by atoms with E-state index in [1.165, 1.54) is 99.3 Å². The Morgan fingerprint density at radius 3 is 1.41 bits per heavy atom. The SMILES string of the molecule is c1ccc(-c2ccc(-c3c4ccccc4c(-c4ccc(-c5ccc6c(c5)-c5ccccc5C65c6ccccc6N(c6ccccc6)c6ccccc65)cn4)c4ccccc34)c3ccccc23)cc1. The molecule has 0 atom stereocenters. The van der Waals surface area contributed by atoms with Crippen LogP contribution in [0.5, 0.6) is 0 Å². The Bertz CT molecular complexity index is 3860. The van der Waals surface area contributed by atoms with Crippen LogP contribution in [0, 0.1) is 0 Å². The first kappa shape index (κ1) is 38.4. The van der Waals surface area contributed by atoms with Gasteiger partial charge in [-0.05, 0) is 130 Å². The number of hydrogen-bond acceptors (Lipinski definition) is 2. The lowest BCUT2D eigenvalue weighted by molar-refractivity contribution is 0.753. The molecule has 0 saturated carbocycles. The Balaban J connectivity index is 0.908. The lowest BCUT2D eigenvalue weighted by atomic mass is 9.64. The van der Waals surface area contributed by atoms with E-state index in [0.717, 1.165) is 28.1 Å². The van der Waals surface area contributed by atoms with Gasteiger partial charge in [0.1, 0.15) is 0 Å². The number of hydrogen-bond donors (Lipinski definition) is 0. The Kier molecular flexibility index (Phi) is 8.53. The molecule has 0 N–H and O–H groups in total. The fourth-order valence-corrected chi connectivity index (χ4v) is 11.9. The van der Waals surface area contributed by atoms with Crippen LogP contribution in [-0.4, -0.2) is 4.98 Å². The van der Waals surface area contributed by atoms with E-state index in [1.807, 2.05) is 0 Å². The Hall–Kier alpha value is -8.85. The molecule has 0 fully saturated rings. The zero-order valence-electron chi connectivity index (χ0n) is 37.1. The summed E-state index contributed by atoms with van der Waals surface area (Å²) in [6.07, 6.45) is 2.07. The van der Waals surface area contributed by atoms with Crippen LogP contribution in [0.15, 0.2) is 255 Å². The van der Waals surface area contributed by atoms with E-state index in [9.17, 15) is 0 Å². The van der Waals surface area contributed by atoms with Gasteiger partial charge in [-0.3, -0.25) is 4.98 Å². The van der Waals surface area contributed by atoms with Crippen LogP contribution in [-0.2, 0) is 5.41 Å². The third-order valence-corrected chi connectivity index (χ3v) is 14.7. The minimum atomic E-state index is -0.491. The largest absolute Gasteiger partial charge is 0.310 e. The fourth-order valence-electron chi connectivity index (χ4n) is 11.9. The first-order valence-electron chi connectivity index (χ1n) is 23.5. The summed E-state index contributed by atoms with van der Waals surface area (Å²) in [5.74, 6) is 0. The molecule has 14 rings (SSSR count). The summed E-state index contributed by atoms with van der Waals surface area (Å²) in [6, 6.07) is 91.4. The Morgan fingerprint density at radius 1 is 0.294 bits per heavy atom. The molecule has 68 heavy (non-hydrogen) atoms. The molecule has 0 radical (unpaired) electrons. The van der Waals surface area contributed by atoms with E-state index in [-0.39, 0.29) is 0 Å². The Morgan fingerprint density at radius 2 is 0.779 bits per heavy atom. The molecule has 0 saturated heterocycles. The lowest BCUT2D eigenvalue weighted by Crippen LogP contribution is -2.36. The second-order valence-corrected chi connectivity index (χ2v) is 18.1. The predicted octanol–water partition coefficient (Wildman–Crippen LogP) is 17.4. The summed E-state index contributed by atoms with van der Waals surface area (Å²) < 4.78 is 0.